The van der Waals surface area contributed by atoms with Crippen molar-refractivity contribution in [1.29, 1.82) is 5.26 Å². The monoisotopic (exact) mass is 269 g/mol. The zero-order valence-electron chi connectivity index (χ0n) is 11.3. The molecule has 0 bridgehead atoms. The normalized spacial score (nSPS) is 10.1. The Morgan fingerprint density at radius 2 is 2.00 bits per heavy atom. The van der Waals surface area contributed by atoms with Crippen LogP contribution < -0.4 is 10.6 Å². The van der Waals surface area contributed by atoms with E-state index in [2.05, 4.69) is 4.90 Å². The highest BCUT2D eigenvalue weighted by Gasteiger charge is 2.10. The summed E-state index contributed by atoms with van der Waals surface area (Å²) in [5, 5.41) is 8.87. The lowest BCUT2D eigenvalue weighted by Gasteiger charge is -2.24. The molecule has 20 heavy (non-hydrogen) atoms. The highest BCUT2D eigenvalue weighted by atomic mass is 19.1. The third-order valence-electron chi connectivity index (χ3n) is 3.18. The number of anilines is 2. The number of hydrogen-bond acceptors (Lipinski definition) is 3. The van der Waals surface area contributed by atoms with Gasteiger partial charge < -0.3 is 10.6 Å². The smallest absolute Gasteiger partial charge is 0.140 e. The molecular formula is C16H16FN3. The van der Waals surface area contributed by atoms with Crippen LogP contribution in [-0.2, 0) is 6.54 Å². The predicted molar refractivity (Wildman–Crippen MR) is 78.7 cm³/mol. The van der Waals surface area contributed by atoms with Crippen LogP contribution in [0, 0.1) is 17.1 Å². The molecule has 0 aliphatic heterocycles. The zero-order valence-corrected chi connectivity index (χ0v) is 11.3. The van der Waals surface area contributed by atoms with Crippen LogP contribution >= 0.6 is 0 Å². The summed E-state index contributed by atoms with van der Waals surface area (Å²) in [4.78, 5) is 2.09. The van der Waals surface area contributed by atoms with E-state index in [0.717, 1.165) is 17.8 Å². The third kappa shape index (κ3) is 2.89. The first kappa shape index (κ1) is 13.9. The van der Waals surface area contributed by atoms with Gasteiger partial charge in [-0.2, -0.15) is 5.26 Å². The molecule has 0 aliphatic rings. The van der Waals surface area contributed by atoms with Crippen molar-refractivity contribution in [3.05, 3.63) is 59.4 Å². The largest absolute Gasteiger partial charge is 0.397 e. The fourth-order valence-electron chi connectivity index (χ4n) is 2.12. The van der Waals surface area contributed by atoms with Crippen molar-refractivity contribution >= 4 is 11.4 Å². The second-order valence-electron chi connectivity index (χ2n) is 4.50. The number of nitrogens with zero attached hydrogens (tertiary/aromatic N) is 2. The van der Waals surface area contributed by atoms with Gasteiger partial charge in [-0.1, -0.05) is 18.2 Å². The first-order valence-electron chi connectivity index (χ1n) is 6.43. The van der Waals surface area contributed by atoms with Crippen LogP contribution in [0.2, 0.25) is 0 Å². The molecule has 0 atom stereocenters. The number of halogens is 1. The highest BCUT2D eigenvalue weighted by Crippen LogP contribution is 2.24. The minimum atomic E-state index is -0.487. The van der Waals surface area contributed by atoms with E-state index < -0.39 is 5.82 Å². The molecule has 3 nitrogen and oxygen atoms in total. The standard InChI is InChI=1S/C16H16FN3/c1-2-20(16-6-4-3-5-15(16)19)11-12-7-8-14(17)13(9-12)10-18/h3-9H,2,11,19H2,1H3. The second kappa shape index (κ2) is 6.07. The highest BCUT2D eigenvalue weighted by molar-refractivity contribution is 5.67. The van der Waals surface area contributed by atoms with E-state index >= 15 is 0 Å². The van der Waals surface area contributed by atoms with Crippen LogP contribution in [0.5, 0.6) is 0 Å². The quantitative estimate of drug-likeness (QED) is 0.866. The summed E-state index contributed by atoms with van der Waals surface area (Å²) in [5.41, 5.74) is 8.58. The van der Waals surface area contributed by atoms with Gasteiger partial charge in [0.2, 0.25) is 0 Å². The van der Waals surface area contributed by atoms with Crippen molar-refractivity contribution in [2.45, 2.75) is 13.5 Å². The Bertz CT molecular complexity index is 646. The van der Waals surface area contributed by atoms with Crippen molar-refractivity contribution in [3.8, 4) is 6.07 Å². The molecule has 2 rings (SSSR count). The first-order chi connectivity index (χ1) is 9.65. The summed E-state index contributed by atoms with van der Waals surface area (Å²) in [5.74, 6) is -0.487. The average Bonchev–Trinajstić information content (AvgIpc) is 2.47. The molecule has 0 heterocycles. The molecule has 2 aromatic rings. The molecule has 102 valence electrons. The maximum Gasteiger partial charge on any atom is 0.140 e. The minimum Gasteiger partial charge on any atom is -0.397 e. The molecule has 0 amide bonds. The Morgan fingerprint density at radius 3 is 2.65 bits per heavy atom. The molecule has 0 saturated heterocycles. The maximum absolute atomic E-state index is 13.3. The van der Waals surface area contributed by atoms with E-state index in [-0.39, 0.29) is 5.56 Å². The van der Waals surface area contributed by atoms with Gasteiger partial charge in [0.25, 0.3) is 0 Å². The number of nitrogens with two attached hydrogens (primary N) is 1. The molecule has 0 fully saturated rings. The van der Waals surface area contributed by atoms with Gasteiger partial charge in [0, 0.05) is 13.1 Å². The lowest BCUT2D eigenvalue weighted by atomic mass is 10.1. The Balaban J connectivity index is 2.28. The number of nitriles is 1. The molecule has 2 N–H and O–H groups in total. The van der Waals surface area contributed by atoms with E-state index in [0.29, 0.717) is 12.2 Å². The fraction of sp³-hybridized carbons (Fsp3) is 0.188. The topological polar surface area (TPSA) is 53.0 Å². The molecule has 0 spiro atoms. The van der Waals surface area contributed by atoms with Crippen molar-refractivity contribution in [1.82, 2.24) is 0 Å². The SMILES string of the molecule is CCN(Cc1ccc(F)c(C#N)c1)c1ccccc1N. The first-order valence-corrected chi connectivity index (χ1v) is 6.43. The summed E-state index contributed by atoms with van der Waals surface area (Å²) in [6.07, 6.45) is 0. The van der Waals surface area contributed by atoms with Crippen molar-refractivity contribution in [2.24, 2.45) is 0 Å². The molecular weight excluding hydrogens is 253 g/mol. The zero-order chi connectivity index (χ0) is 14.5. The van der Waals surface area contributed by atoms with Crippen molar-refractivity contribution < 1.29 is 4.39 Å². The molecule has 0 radical (unpaired) electrons. The van der Waals surface area contributed by atoms with Gasteiger partial charge in [-0.05, 0) is 36.8 Å². The second-order valence-corrected chi connectivity index (χ2v) is 4.50. The van der Waals surface area contributed by atoms with Gasteiger partial charge in [-0.15, -0.1) is 0 Å². The summed E-state index contributed by atoms with van der Waals surface area (Å²) in [6.45, 7) is 3.38. The van der Waals surface area contributed by atoms with Gasteiger partial charge in [0.15, 0.2) is 0 Å². The summed E-state index contributed by atoms with van der Waals surface area (Å²) in [7, 11) is 0. The summed E-state index contributed by atoms with van der Waals surface area (Å²) >= 11 is 0. The van der Waals surface area contributed by atoms with Crippen molar-refractivity contribution in [2.75, 3.05) is 17.2 Å². The number of rotatable bonds is 4. The average molecular weight is 269 g/mol. The lowest BCUT2D eigenvalue weighted by Crippen LogP contribution is -2.23. The molecule has 2 aromatic carbocycles. The van der Waals surface area contributed by atoms with Crippen LogP contribution in [0.25, 0.3) is 0 Å². The molecule has 0 unspecified atom stereocenters. The van der Waals surface area contributed by atoms with E-state index in [1.54, 1.807) is 12.1 Å². The predicted octanol–water partition coefficient (Wildman–Crippen LogP) is 3.31. The maximum atomic E-state index is 13.3. The van der Waals surface area contributed by atoms with E-state index in [4.69, 9.17) is 11.0 Å². The van der Waals surface area contributed by atoms with Gasteiger partial charge in [-0.25, -0.2) is 4.39 Å². The number of para-hydroxylation sites is 2. The van der Waals surface area contributed by atoms with Crippen LogP contribution in [0.15, 0.2) is 42.5 Å². The van der Waals surface area contributed by atoms with Gasteiger partial charge in [0.1, 0.15) is 11.9 Å². The molecule has 0 aromatic heterocycles. The van der Waals surface area contributed by atoms with E-state index in [9.17, 15) is 4.39 Å². The molecule has 0 saturated carbocycles. The van der Waals surface area contributed by atoms with Gasteiger partial charge in [0.05, 0.1) is 16.9 Å². The van der Waals surface area contributed by atoms with Crippen LogP contribution in [0.4, 0.5) is 15.8 Å². The Hall–Kier alpha value is -2.54. The Morgan fingerprint density at radius 1 is 1.25 bits per heavy atom. The Kier molecular flexibility index (Phi) is 4.21. The van der Waals surface area contributed by atoms with E-state index in [1.807, 2.05) is 37.3 Å². The summed E-state index contributed by atoms with van der Waals surface area (Å²) in [6, 6.07) is 14.1. The number of hydrogen-bond donors (Lipinski definition) is 1. The summed E-state index contributed by atoms with van der Waals surface area (Å²) < 4.78 is 13.3. The lowest BCUT2D eigenvalue weighted by molar-refractivity contribution is 0.622. The van der Waals surface area contributed by atoms with Gasteiger partial charge >= 0.3 is 0 Å². The number of benzene rings is 2. The number of nitrogen functional groups attached to an aromatic ring is 1. The van der Waals surface area contributed by atoms with Crippen LogP contribution in [0.1, 0.15) is 18.1 Å². The van der Waals surface area contributed by atoms with Crippen molar-refractivity contribution in [3.63, 3.8) is 0 Å². The molecule has 4 heteroatoms. The van der Waals surface area contributed by atoms with Crippen LogP contribution in [-0.4, -0.2) is 6.54 Å². The minimum absolute atomic E-state index is 0.0691. The molecule has 0 aliphatic carbocycles. The van der Waals surface area contributed by atoms with Gasteiger partial charge in [-0.3, -0.25) is 0 Å². The van der Waals surface area contributed by atoms with E-state index in [1.165, 1.54) is 6.07 Å². The fourth-order valence-corrected chi connectivity index (χ4v) is 2.12. The third-order valence-corrected chi connectivity index (χ3v) is 3.18. The van der Waals surface area contributed by atoms with Crippen LogP contribution in [0.3, 0.4) is 0 Å². The Labute approximate surface area is 118 Å².